The highest BCUT2D eigenvalue weighted by Crippen LogP contribution is 2.31. The number of hydrogen-bond acceptors (Lipinski definition) is 6. The van der Waals surface area contributed by atoms with Crippen LogP contribution < -0.4 is 4.74 Å². The summed E-state index contributed by atoms with van der Waals surface area (Å²) in [6.07, 6.45) is 2.19. The number of ether oxygens (including phenoxy) is 1. The molecular formula is C17H22N4O2S. The maximum absolute atomic E-state index is 12.6. The second-order valence-corrected chi connectivity index (χ2v) is 6.85. The Labute approximate surface area is 146 Å². The molecule has 1 aromatic rings. The second kappa shape index (κ2) is 6.84. The average Bonchev–Trinajstić information content (AvgIpc) is 3.15. The minimum atomic E-state index is 0.0794. The molecule has 0 unspecified atom stereocenters. The highest BCUT2D eigenvalue weighted by atomic mass is 32.2. The number of hydrogen-bond donors (Lipinski definition) is 0. The zero-order valence-electron chi connectivity index (χ0n) is 14.5. The standard InChI is InChI=1S/C17H22N4O2S/c1-11-8-19-14(12(2)16(11)23-4)9-20(3)15(22)7-13-10-24-17-18-5-6-21(13)17/h8,10H,5-7,9H2,1-4H3. The molecule has 1 amide bonds. The number of aryl methyl sites for hydroxylation is 1. The summed E-state index contributed by atoms with van der Waals surface area (Å²) in [5, 5.41) is 3.04. The predicted octanol–water partition coefficient (Wildman–Crippen LogP) is 2.32. The van der Waals surface area contributed by atoms with Crippen molar-refractivity contribution < 1.29 is 9.53 Å². The number of amides is 1. The Morgan fingerprint density at radius 2 is 2.25 bits per heavy atom. The van der Waals surface area contributed by atoms with Crippen LogP contribution in [0.1, 0.15) is 23.2 Å². The first-order valence-corrected chi connectivity index (χ1v) is 8.80. The number of methoxy groups -OCH3 is 1. The van der Waals surface area contributed by atoms with E-state index in [0.29, 0.717) is 13.0 Å². The molecule has 7 heteroatoms. The first kappa shape index (κ1) is 16.8. The van der Waals surface area contributed by atoms with Gasteiger partial charge in [0.05, 0.1) is 32.3 Å². The number of rotatable bonds is 5. The van der Waals surface area contributed by atoms with E-state index in [2.05, 4.69) is 14.9 Å². The lowest BCUT2D eigenvalue weighted by molar-refractivity contribution is -0.129. The normalized spacial score (nSPS) is 15.9. The van der Waals surface area contributed by atoms with Gasteiger partial charge >= 0.3 is 0 Å². The van der Waals surface area contributed by atoms with Gasteiger partial charge in [-0.25, -0.2) is 0 Å². The Morgan fingerprint density at radius 3 is 3.00 bits per heavy atom. The van der Waals surface area contributed by atoms with Crippen LogP contribution in [-0.4, -0.2) is 53.1 Å². The van der Waals surface area contributed by atoms with Crippen LogP contribution in [0, 0.1) is 13.8 Å². The zero-order chi connectivity index (χ0) is 17.3. The average molecular weight is 346 g/mol. The summed E-state index contributed by atoms with van der Waals surface area (Å²) in [4.78, 5) is 25.3. The van der Waals surface area contributed by atoms with E-state index in [0.717, 1.165) is 46.5 Å². The fraction of sp³-hybridized carbons (Fsp3) is 0.471. The number of carbonyl (C=O) groups excluding carboxylic acids is 1. The predicted molar refractivity (Wildman–Crippen MR) is 96.0 cm³/mol. The molecule has 6 nitrogen and oxygen atoms in total. The van der Waals surface area contributed by atoms with Crippen LogP contribution in [0.5, 0.6) is 5.75 Å². The van der Waals surface area contributed by atoms with Gasteiger partial charge in [0.2, 0.25) is 5.91 Å². The molecule has 24 heavy (non-hydrogen) atoms. The molecule has 2 aliphatic rings. The summed E-state index contributed by atoms with van der Waals surface area (Å²) in [5.74, 6) is 0.921. The van der Waals surface area contributed by atoms with Crippen LogP contribution in [0.4, 0.5) is 0 Å². The van der Waals surface area contributed by atoms with Gasteiger partial charge in [0.1, 0.15) is 5.75 Å². The third-order valence-electron chi connectivity index (χ3n) is 4.34. The van der Waals surface area contributed by atoms with Crippen LogP contribution in [0.15, 0.2) is 22.3 Å². The molecule has 0 radical (unpaired) electrons. The largest absolute Gasteiger partial charge is 0.496 e. The third kappa shape index (κ3) is 3.13. The van der Waals surface area contributed by atoms with Gasteiger partial charge in [0.15, 0.2) is 5.17 Å². The smallest absolute Gasteiger partial charge is 0.228 e. The van der Waals surface area contributed by atoms with Crippen molar-refractivity contribution >= 4 is 22.8 Å². The van der Waals surface area contributed by atoms with Crippen molar-refractivity contribution in [2.75, 3.05) is 27.2 Å². The van der Waals surface area contributed by atoms with Gasteiger partial charge in [-0.3, -0.25) is 14.8 Å². The Balaban J connectivity index is 1.66. The number of aromatic nitrogens is 1. The van der Waals surface area contributed by atoms with Crippen molar-refractivity contribution in [3.63, 3.8) is 0 Å². The fourth-order valence-corrected chi connectivity index (χ4v) is 3.90. The van der Waals surface area contributed by atoms with E-state index in [9.17, 15) is 4.79 Å². The Morgan fingerprint density at radius 1 is 1.46 bits per heavy atom. The summed E-state index contributed by atoms with van der Waals surface area (Å²) in [6, 6.07) is 0. The van der Waals surface area contributed by atoms with E-state index in [4.69, 9.17) is 4.74 Å². The summed E-state index contributed by atoms with van der Waals surface area (Å²) in [7, 11) is 3.48. The number of aliphatic imine (C=N–C) groups is 1. The molecule has 0 atom stereocenters. The number of carbonyl (C=O) groups is 1. The van der Waals surface area contributed by atoms with Crippen molar-refractivity contribution in [1.29, 1.82) is 0 Å². The molecule has 128 valence electrons. The highest BCUT2D eigenvalue weighted by Gasteiger charge is 2.28. The van der Waals surface area contributed by atoms with Gasteiger partial charge in [-0.15, -0.1) is 0 Å². The first-order chi connectivity index (χ1) is 11.5. The Bertz CT molecular complexity index is 730. The molecule has 0 fully saturated rings. The molecular weight excluding hydrogens is 324 g/mol. The maximum atomic E-state index is 12.6. The Hall–Kier alpha value is -2.02. The van der Waals surface area contributed by atoms with Crippen molar-refractivity contribution in [2.24, 2.45) is 4.99 Å². The van der Waals surface area contributed by atoms with Crippen LogP contribution in [0.25, 0.3) is 0 Å². The van der Waals surface area contributed by atoms with E-state index in [-0.39, 0.29) is 5.91 Å². The SMILES string of the molecule is COc1c(C)cnc(CN(C)C(=O)CC2=CSC3=NCCN23)c1C. The van der Waals surface area contributed by atoms with Gasteiger partial charge in [-0.1, -0.05) is 11.8 Å². The van der Waals surface area contributed by atoms with E-state index in [1.165, 1.54) is 0 Å². The van der Waals surface area contributed by atoms with Crippen LogP contribution in [-0.2, 0) is 11.3 Å². The lowest BCUT2D eigenvalue weighted by atomic mass is 10.1. The molecule has 1 aromatic heterocycles. The van der Waals surface area contributed by atoms with Crippen LogP contribution >= 0.6 is 11.8 Å². The number of amidine groups is 1. The fourth-order valence-electron chi connectivity index (χ4n) is 2.95. The van der Waals surface area contributed by atoms with Crippen molar-refractivity contribution in [1.82, 2.24) is 14.8 Å². The summed E-state index contributed by atoms with van der Waals surface area (Å²) in [6.45, 7) is 6.12. The molecule has 0 aromatic carbocycles. The van der Waals surface area contributed by atoms with Gasteiger partial charge < -0.3 is 14.5 Å². The molecule has 3 heterocycles. The Kier molecular flexibility index (Phi) is 4.80. The van der Waals surface area contributed by atoms with E-state index in [1.807, 2.05) is 26.3 Å². The van der Waals surface area contributed by atoms with Gasteiger partial charge in [0, 0.05) is 36.6 Å². The van der Waals surface area contributed by atoms with Crippen molar-refractivity contribution in [3.8, 4) is 5.75 Å². The van der Waals surface area contributed by atoms with E-state index in [1.54, 1.807) is 30.0 Å². The summed E-state index contributed by atoms with van der Waals surface area (Å²) < 4.78 is 5.44. The molecule has 0 aliphatic carbocycles. The number of nitrogens with zero attached hydrogens (tertiary/aromatic N) is 4. The third-order valence-corrected chi connectivity index (χ3v) is 5.29. The topological polar surface area (TPSA) is 58.0 Å². The summed E-state index contributed by atoms with van der Waals surface area (Å²) >= 11 is 1.60. The van der Waals surface area contributed by atoms with Crippen LogP contribution in [0.3, 0.4) is 0 Å². The quantitative estimate of drug-likeness (QED) is 0.819. The highest BCUT2D eigenvalue weighted by molar-refractivity contribution is 8.16. The zero-order valence-corrected chi connectivity index (χ0v) is 15.3. The molecule has 0 bridgehead atoms. The molecule has 3 rings (SSSR count). The minimum Gasteiger partial charge on any atom is -0.496 e. The number of fused-ring (bicyclic) bond motifs is 1. The number of pyridine rings is 1. The molecule has 0 saturated carbocycles. The molecule has 0 saturated heterocycles. The first-order valence-electron chi connectivity index (χ1n) is 7.92. The maximum Gasteiger partial charge on any atom is 0.228 e. The van der Waals surface area contributed by atoms with E-state index >= 15 is 0 Å². The molecule has 0 spiro atoms. The van der Waals surface area contributed by atoms with Gasteiger partial charge in [-0.05, 0) is 19.3 Å². The van der Waals surface area contributed by atoms with Gasteiger partial charge in [0.25, 0.3) is 0 Å². The lowest BCUT2D eigenvalue weighted by Crippen LogP contribution is -2.30. The monoisotopic (exact) mass is 346 g/mol. The van der Waals surface area contributed by atoms with Crippen molar-refractivity contribution in [2.45, 2.75) is 26.8 Å². The number of thioether (sulfide) groups is 1. The molecule has 2 aliphatic heterocycles. The second-order valence-electron chi connectivity index (χ2n) is 6.02. The minimum absolute atomic E-state index is 0.0794. The van der Waals surface area contributed by atoms with E-state index < -0.39 is 0 Å². The summed E-state index contributed by atoms with van der Waals surface area (Å²) in [5.41, 5.74) is 3.90. The van der Waals surface area contributed by atoms with Gasteiger partial charge in [-0.2, -0.15) is 0 Å². The van der Waals surface area contributed by atoms with Crippen molar-refractivity contribution in [3.05, 3.63) is 34.1 Å². The van der Waals surface area contributed by atoms with Crippen LogP contribution in [0.2, 0.25) is 0 Å². The molecule has 0 N–H and O–H groups in total. The lowest BCUT2D eigenvalue weighted by Gasteiger charge is -2.22.